The molecular weight excluding hydrogens is 278 g/mol. The summed E-state index contributed by atoms with van der Waals surface area (Å²) in [7, 11) is 0. The molecule has 1 saturated carbocycles. The number of carbonyl (C=O) groups excluding carboxylic acids is 2. The Balaban J connectivity index is 1.64. The van der Waals surface area contributed by atoms with Crippen molar-refractivity contribution in [1.29, 1.82) is 0 Å². The Morgan fingerprint density at radius 3 is 3.05 bits per heavy atom. The SMILES string of the molecule is Cc1c[nH]c2c1C13CC1CN(C(=O)c1ccc[nH]1)C3=CC2=O. The van der Waals surface area contributed by atoms with Crippen molar-refractivity contribution in [2.45, 2.75) is 18.8 Å². The molecule has 3 heterocycles. The van der Waals surface area contributed by atoms with Crippen molar-refractivity contribution in [3.8, 4) is 0 Å². The number of rotatable bonds is 1. The summed E-state index contributed by atoms with van der Waals surface area (Å²) in [6.45, 7) is 2.73. The number of piperidine rings is 1. The van der Waals surface area contributed by atoms with Crippen LogP contribution in [0.5, 0.6) is 0 Å². The Labute approximate surface area is 127 Å². The third kappa shape index (κ3) is 1.21. The van der Waals surface area contributed by atoms with Crippen molar-refractivity contribution in [3.05, 3.63) is 58.8 Å². The van der Waals surface area contributed by atoms with Crippen molar-refractivity contribution >= 4 is 11.7 Å². The molecule has 1 spiro atoms. The fourth-order valence-corrected chi connectivity index (χ4v) is 4.35. The summed E-state index contributed by atoms with van der Waals surface area (Å²) in [4.78, 5) is 33.0. The fourth-order valence-electron chi connectivity index (χ4n) is 4.35. The number of amides is 1. The van der Waals surface area contributed by atoms with Crippen LogP contribution in [0.4, 0.5) is 0 Å². The number of fused-ring (bicyclic) bond motifs is 1. The minimum atomic E-state index is -0.115. The minimum absolute atomic E-state index is 0.0273. The van der Waals surface area contributed by atoms with Crippen LogP contribution in [0, 0.1) is 12.8 Å². The molecule has 22 heavy (non-hydrogen) atoms. The van der Waals surface area contributed by atoms with Crippen LogP contribution in [0.1, 0.15) is 38.5 Å². The summed E-state index contributed by atoms with van der Waals surface area (Å²) in [6.07, 6.45) is 6.34. The van der Waals surface area contributed by atoms with Crippen LogP contribution >= 0.6 is 0 Å². The number of nitrogens with one attached hydrogen (secondary N) is 2. The molecule has 1 aliphatic heterocycles. The number of hydrogen-bond acceptors (Lipinski definition) is 2. The molecule has 2 fully saturated rings. The third-order valence-electron chi connectivity index (χ3n) is 5.37. The van der Waals surface area contributed by atoms with Gasteiger partial charge in [0.25, 0.3) is 5.91 Å². The molecule has 0 radical (unpaired) electrons. The van der Waals surface area contributed by atoms with Gasteiger partial charge in [-0.2, -0.15) is 0 Å². The minimum Gasteiger partial charge on any atom is -0.358 e. The second-order valence-corrected chi connectivity index (χ2v) is 6.49. The first-order valence-electron chi connectivity index (χ1n) is 7.53. The third-order valence-corrected chi connectivity index (χ3v) is 5.37. The highest BCUT2D eigenvalue weighted by atomic mass is 16.2. The largest absolute Gasteiger partial charge is 0.358 e. The topological polar surface area (TPSA) is 69.0 Å². The molecule has 2 atom stereocenters. The lowest BCUT2D eigenvalue weighted by Gasteiger charge is -2.28. The number of nitrogens with zero attached hydrogens (tertiary/aromatic N) is 1. The van der Waals surface area contributed by atoms with Gasteiger partial charge in [0.05, 0.1) is 5.69 Å². The zero-order chi connectivity index (χ0) is 15.1. The predicted molar refractivity (Wildman–Crippen MR) is 79.6 cm³/mol. The molecule has 5 rings (SSSR count). The molecule has 2 N–H and O–H groups in total. The highest BCUT2D eigenvalue weighted by Gasteiger charge is 2.68. The molecule has 2 aromatic rings. The van der Waals surface area contributed by atoms with Gasteiger partial charge in [0.2, 0.25) is 5.78 Å². The van der Waals surface area contributed by atoms with E-state index < -0.39 is 0 Å². The molecule has 1 amide bonds. The van der Waals surface area contributed by atoms with E-state index >= 15 is 0 Å². The van der Waals surface area contributed by atoms with E-state index in [1.807, 2.05) is 19.2 Å². The Kier molecular flexibility index (Phi) is 1.97. The second-order valence-electron chi connectivity index (χ2n) is 6.49. The van der Waals surface area contributed by atoms with Crippen LogP contribution in [0.3, 0.4) is 0 Å². The molecule has 1 saturated heterocycles. The number of aromatic nitrogens is 2. The Morgan fingerprint density at radius 2 is 2.27 bits per heavy atom. The van der Waals surface area contributed by atoms with Crippen LogP contribution in [-0.2, 0) is 5.41 Å². The van der Waals surface area contributed by atoms with Crippen LogP contribution in [0.25, 0.3) is 0 Å². The Bertz CT molecular complexity index is 859. The average molecular weight is 293 g/mol. The first-order valence-corrected chi connectivity index (χ1v) is 7.53. The quantitative estimate of drug-likeness (QED) is 0.846. The number of aryl methyl sites for hydroxylation is 1. The molecule has 2 unspecified atom stereocenters. The van der Waals surface area contributed by atoms with Gasteiger partial charge in [-0.05, 0) is 42.5 Å². The average Bonchev–Trinajstić information content (AvgIpc) is 2.95. The first kappa shape index (κ1) is 12.0. The maximum absolute atomic E-state index is 12.7. The van der Waals surface area contributed by atoms with E-state index in [1.165, 1.54) is 0 Å². The number of hydrogen-bond donors (Lipinski definition) is 2. The lowest BCUT2D eigenvalue weighted by atomic mass is 9.83. The lowest BCUT2D eigenvalue weighted by molar-refractivity contribution is 0.0806. The van der Waals surface area contributed by atoms with Gasteiger partial charge in [-0.15, -0.1) is 0 Å². The van der Waals surface area contributed by atoms with E-state index in [2.05, 4.69) is 9.97 Å². The highest BCUT2D eigenvalue weighted by Crippen LogP contribution is 2.67. The van der Waals surface area contributed by atoms with Crippen LogP contribution in [0.2, 0.25) is 0 Å². The summed E-state index contributed by atoms with van der Waals surface area (Å²) >= 11 is 0. The van der Waals surface area contributed by atoms with E-state index in [0.717, 1.165) is 23.2 Å². The number of aromatic amines is 2. The molecule has 2 aromatic heterocycles. The van der Waals surface area contributed by atoms with E-state index in [4.69, 9.17) is 0 Å². The fraction of sp³-hybridized carbons (Fsp3) is 0.294. The summed E-state index contributed by atoms with van der Waals surface area (Å²) in [5.41, 5.74) is 4.28. The summed E-state index contributed by atoms with van der Waals surface area (Å²) < 4.78 is 0. The van der Waals surface area contributed by atoms with Gasteiger partial charge in [0, 0.05) is 36.1 Å². The van der Waals surface area contributed by atoms with Crippen molar-refractivity contribution in [3.63, 3.8) is 0 Å². The molecule has 3 aliphatic rings. The van der Waals surface area contributed by atoms with Crippen molar-refractivity contribution in [1.82, 2.24) is 14.9 Å². The Morgan fingerprint density at radius 1 is 1.41 bits per heavy atom. The van der Waals surface area contributed by atoms with Crippen LogP contribution < -0.4 is 0 Å². The molecule has 5 nitrogen and oxygen atoms in total. The number of carbonyl (C=O) groups is 2. The second kappa shape index (κ2) is 3.61. The molecule has 0 aromatic carbocycles. The normalized spacial score (nSPS) is 28.0. The number of ketones is 1. The molecule has 110 valence electrons. The zero-order valence-electron chi connectivity index (χ0n) is 12.1. The van der Waals surface area contributed by atoms with Crippen molar-refractivity contribution < 1.29 is 9.59 Å². The van der Waals surface area contributed by atoms with Gasteiger partial charge >= 0.3 is 0 Å². The van der Waals surface area contributed by atoms with Gasteiger partial charge in [0.15, 0.2) is 0 Å². The predicted octanol–water partition coefficient (Wildman–Crippen LogP) is 2.15. The summed E-state index contributed by atoms with van der Waals surface area (Å²) in [5, 5.41) is 0. The van der Waals surface area contributed by atoms with Gasteiger partial charge in [0.1, 0.15) is 5.69 Å². The molecule has 5 heteroatoms. The van der Waals surface area contributed by atoms with Crippen molar-refractivity contribution in [2.24, 2.45) is 5.92 Å². The van der Waals surface area contributed by atoms with E-state index in [0.29, 0.717) is 23.9 Å². The van der Waals surface area contributed by atoms with Crippen LogP contribution in [-0.4, -0.2) is 33.1 Å². The smallest absolute Gasteiger partial charge is 0.274 e. The van der Waals surface area contributed by atoms with Gasteiger partial charge in [-0.1, -0.05) is 0 Å². The lowest BCUT2D eigenvalue weighted by Crippen LogP contribution is -2.33. The van der Waals surface area contributed by atoms with Crippen molar-refractivity contribution in [2.75, 3.05) is 6.54 Å². The Hall–Kier alpha value is -2.56. The first-order chi connectivity index (χ1) is 10.6. The zero-order valence-corrected chi connectivity index (χ0v) is 12.1. The van der Waals surface area contributed by atoms with Gasteiger partial charge < -0.3 is 14.9 Å². The summed E-state index contributed by atoms with van der Waals surface area (Å²) in [5.74, 6) is 0.354. The van der Waals surface area contributed by atoms with E-state index in [-0.39, 0.29) is 17.1 Å². The van der Waals surface area contributed by atoms with Gasteiger partial charge in [-0.3, -0.25) is 9.59 Å². The van der Waals surface area contributed by atoms with E-state index in [1.54, 1.807) is 23.2 Å². The number of allylic oxidation sites excluding steroid dienone is 2. The number of H-pyrrole nitrogens is 2. The molecule has 0 bridgehead atoms. The molecule has 2 aliphatic carbocycles. The summed E-state index contributed by atoms with van der Waals surface area (Å²) in [6, 6.07) is 3.59. The molecular formula is C17H15N3O2. The number of likely N-dealkylation sites (tertiary alicyclic amines) is 1. The maximum Gasteiger partial charge on any atom is 0.274 e. The standard InChI is InChI=1S/C17H15N3O2/c1-9-7-19-15-12(21)5-13-17(14(9)15)6-10(17)8-20(13)16(22)11-3-2-4-18-11/h2-5,7,10,18-19H,6,8H2,1H3. The van der Waals surface area contributed by atoms with Gasteiger partial charge in [-0.25, -0.2) is 0 Å². The van der Waals surface area contributed by atoms with E-state index in [9.17, 15) is 9.59 Å². The maximum atomic E-state index is 12.7. The highest BCUT2D eigenvalue weighted by molar-refractivity contribution is 6.09. The monoisotopic (exact) mass is 293 g/mol. The van der Waals surface area contributed by atoms with Crippen LogP contribution in [0.15, 0.2) is 36.3 Å².